The molecule has 8 heteroatoms. The molecule has 1 aliphatic rings. The van der Waals surface area contributed by atoms with Crippen LogP contribution in [0.4, 0.5) is 10.5 Å². The van der Waals surface area contributed by atoms with Crippen LogP contribution in [-0.4, -0.2) is 16.5 Å². The number of urea groups is 1. The van der Waals surface area contributed by atoms with E-state index in [1.54, 1.807) is 25.3 Å². The standard InChI is InChI=1S/C16H14N4O4/c1-10-3-2-8-20(13(10)21)9-16(14(22)17-15(23)18-16)11-4-6-12(19-24)7-5-11/h2-8H,9H2,1H3,(H2,17,18,22,23). The Labute approximate surface area is 136 Å². The van der Waals surface area contributed by atoms with E-state index in [4.69, 9.17) is 0 Å². The van der Waals surface area contributed by atoms with Crippen LogP contribution in [-0.2, 0) is 16.9 Å². The first-order valence-corrected chi connectivity index (χ1v) is 7.20. The molecule has 1 aliphatic heterocycles. The second kappa shape index (κ2) is 5.73. The Morgan fingerprint density at radius 1 is 1.12 bits per heavy atom. The first-order valence-electron chi connectivity index (χ1n) is 7.20. The van der Waals surface area contributed by atoms with E-state index in [0.29, 0.717) is 11.1 Å². The van der Waals surface area contributed by atoms with Crippen LogP contribution in [0.2, 0.25) is 0 Å². The number of aromatic nitrogens is 1. The Bertz CT molecular complexity index is 888. The van der Waals surface area contributed by atoms with E-state index in [9.17, 15) is 19.3 Å². The maximum Gasteiger partial charge on any atom is 0.322 e. The summed E-state index contributed by atoms with van der Waals surface area (Å²) >= 11 is 0. The largest absolute Gasteiger partial charge is 0.322 e. The maximum atomic E-state index is 12.5. The second-order valence-electron chi connectivity index (χ2n) is 5.58. The average Bonchev–Trinajstić information content (AvgIpc) is 2.86. The summed E-state index contributed by atoms with van der Waals surface area (Å²) in [7, 11) is 0. The zero-order valence-electron chi connectivity index (χ0n) is 12.8. The van der Waals surface area contributed by atoms with E-state index >= 15 is 0 Å². The van der Waals surface area contributed by atoms with Gasteiger partial charge in [0.25, 0.3) is 11.5 Å². The van der Waals surface area contributed by atoms with Gasteiger partial charge in [0.1, 0.15) is 5.69 Å². The van der Waals surface area contributed by atoms with E-state index in [-0.39, 0.29) is 17.8 Å². The van der Waals surface area contributed by atoms with Crippen molar-refractivity contribution in [3.8, 4) is 0 Å². The van der Waals surface area contributed by atoms with E-state index in [1.165, 1.54) is 28.8 Å². The zero-order valence-corrected chi connectivity index (χ0v) is 12.8. The molecule has 1 unspecified atom stereocenters. The summed E-state index contributed by atoms with van der Waals surface area (Å²) in [6.07, 6.45) is 1.55. The van der Waals surface area contributed by atoms with Gasteiger partial charge in [-0.1, -0.05) is 18.2 Å². The molecule has 1 atom stereocenters. The Morgan fingerprint density at radius 3 is 2.42 bits per heavy atom. The van der Waals surface area contributed by atoms with Crippen LogP contribution >= 0.6 is 0 Å². The smallest absolute Gasteiger partial charge is 0.318 e. The highest BCUT2D eigenvalue weighted by molar-refractivity contribution is 6.07. The molecule has 8 nitrogen and oxygen atoms in total. The molecule has 2 N–H and O–H groups in total. The van der Waals surface area contributed by atoms with Gasteiger partial charge in [-0.05, 0) is 35.9 Å². The lowest BCUT2D eigenvalue weighted by atomic mass is 9.89. The molecule has 1 aromatic heterocycles. The molecule has 1 aromatic carbocycles. The SMILES string of the molecule is Cc1cccn(CC2(c3ccc(N=O)cc3)NC(=O)NC2=O)c1=O. The lowest BCUT2D eigenvalue weighted by Gasteiger charge is -2.27. The van der Waals surface area contributed by atoms with Gasteiger partial charge < -0.3 is 9.88 Å². The molecule has 2 heterocycles. The minimum Gasteiger partial charge on any atom is -0.318 e. The number of rotatable bonds is 4. The van der Waals surface area contributed by atoms with Crippen molar-refractivity contribution in [2.75, 3.05) is 0 Å². The van der Waals surface area contributed by atoms with Crippen LogP contribution in [0.3, 0.4) is 0 Å². The van der Waals surface area contributed by atoms with Crippen molar-refractivity contribution in [2.24, 2.45) is 5.18 Å². The first-order chi connectivity index (χ1) is 11.5. The topological polar surface area (TPSA) is 110 Å². The van der Waals surface area contributed by atoms with Gasteiger partial charge in [-0.25, -0.2) is 4.79 Å². The highest BCUT2D eigenvalue weighted by Gasteiger charge is 2.48. The fourth-order valence-corrected chi connectivity index (χ4v) is 2.74. The first kappa shape index (κ1) is 15.6. The number of nitroso groups, excluding NO2 is 1. The van der Waals surface area contributed by atoms with E-state index in [0.717, 1.165) is 0 Å². The lowest BCUT2D eigenvalue weighted by molar-refractivity contribution is -0.124. The van der Waals surface area contributed by atoms with Crippen LogP contribution in [0.15, 0.2) is 52.6 Å². The Morgan fingerprint density at radius 2 is 1.83 bits per heavy atom. The molecule has 24 heavy (non-hydrogen) atoms. The van der Waals surface area contributed by atoms with Crippen molar-refractivity contribution in [1.29, 1.82) is 0 Å². The summed E-state index contributed by atoms with van der Waals surface area (Å²) in [5.74, 6) is -0.562. The molecule has 3 rings (SSSR count). The van der Waals surface area contributed by atoms with E-state index < -0.39 is 17.5 Å². The van der Waals surface area contributed by atoms with Gasteiger partial charge in [0.2, 0.25) is 0 Å². The minimum atomic E-state index is -1.43. The van der Waals surface area contributed by atoms with E-state index in [2.05, 4.69) is 15.8 Å². The molecule has 1 fully saturated rings. The molecular formula is C16H14N4O4. The molecule has 0 spiro atoms. The summed E-state index contributed by atoms with van der Waals surface area (Å²) < 4.78 is 1.37. The number of carbonyl (C=O) groups excluding carboxylic acids is 2. The number of aryl methyl sites for hydroxylation is 1. The number of hydrogen-bond acceptors (Lipinski definition) is 5. The number of imide groups is 1. The van der Waals surface area contributed by atoms with Crippen LogP contribution in [0.25, 0.3) is 0 Å². The van der Waals surface area contributed by atoms with Crippen molar-refractivity contribution in [3.05, 3.63) is 69.0 Å². The van der Waals surface area contributed by atoms with Crippen molar-refractivity contribution in [1.82, 2.24) is 15.2 Å². The molecule has 3 amide bonds. The number of amides is 3. The Balaban J connectivity index is 2.11. The van der Waals surface area contributed by atoms with Crippen molar-refractivity contribution in [3.63, 3.8) is 0 Å². The summed E-state index contributed by atoms with van der Waals surface area (Å²) in [6, 6.07) is 8.67. The van der Waals surface area contributed by atoms with Gasteiger partial charge in [-0.3, -0.25) is 14.9 Å². The normalized spacial score (nSPS) is 19.7. The van der Waals surface area contributed by atoms with Gasteiger partial charge in [-0.15, -0.1) is 4.91 Å². The van der Waals surface area contributed by atoms with Crippen LogP contribution < -0.4 is 16.2 Å². The molecule has 0 aliphatic carbocycles. The third-order valence-corrected chi connectivity index (χ3v) is 4.03. The highest BCUT2D eigenvalue weighted by Crippen LogP contribution is 2.28. The number of nitrogens with one attached hydrogen (secondary N) is 2. The quantitative estimate of drug-likeness (QED) is 0.651. The fourth-order valence-electron chi connectivity index (χ4n) is 2.74. The summed E-state index contributed by atoms with van der Waals surface area (Å²) in [6.45, 7) is 1.60. The summed E-state index contributed by atoms with van der Waals surface area (Å²) in [5.41, 5.74) is -0.510. The average molecular weight is 326 g/mol. The molecular weight excluding hydrogens is 312 g/mol. The number of nitrogens with zero attached hydrogens (tertiary/aromatic N) is 2. The molecule has 0 radical (unpaired) electrons. The Kier molecular flexibility index (Phi) is 3.72. The predicted molar refractivity (Wildman–Crippen MR) is 85.7 cm³/mol. The van der Waals surface area contributed by atoms with E-state index in [1.807, 2.05) is 0 Å². The van der Waals surface area contributed by atoms with Gasteiger partial charge in [0.15, 0.2) is 5.54 Å². The lowest BCUT2D eigenvalue weighted by Crippen LogP contribution is -2.49. The third kappa shape index (κ3) is 2.47. The monoisotopic (exact) mass is 326 g/mol. The Hall–Kier alpha value is -3.29. The highest BCUT2D eigenvalue weighted by atomic mass is 16.3. The van der Waals surface area contributed by atoms with Crippen LogP contribution in [0, 0.1) is 11.8 Å². The zero-order chi connectivity index (χ0) is 17.3. The second-order valence-corrected chi connectivity index (χ2v) is 5.58. The fraction of sp³-hybridized carbons (Fsp3) is 0.188. The molecule has 0 saturated carbocycles. The number of pyridine rings is 1. The molecule has 122 valence electrons. The summed E-state index contributed by atoms with van der Waals surface area (Å²) in [4.78, 5) is 47.0. The van der Waals surface area contributed by atoms with Gasteiger partial charge >= 0.3 is 6.03 Å². The van der Waals surface area contributed by atoms with Crippen molar-refractivity contribution in [2.45, 2.75) is 19.0 Å². The van der Waals surface area contributed by atoms with Crippen molar-refractivity contribution >= 4 is 17.6 Å². The number of hydrogen-bond donors (Lipinski definition) is 2. The minimum absolute atomic E-state index is 0.0705. The van der Waals surface area contributed by atoms with Crippen LogP contribution in [0.5, 0.6) is 0 Å². The molecule has 1 saturated heterocycles. The maximum absolute atomic E-state index is 12.5. The number of benzene rings is 1. The van der Waals surface area contributed by atoms with Gasteiger partial charge in [-0.2, -0.15) is 0 Å². The summed E-state index contributed by atoms with van der Waals surface area (Å²) in [5, 5.41) is 7.61. The van der Waals surface area contributed by atoms with Gasteiger partial charge in [0.05, 0.1) is 6.54 Å². The van der Waals surface area contributed by atoms with Crippen LogP contribution in [0.1, 0.15) is 11.1 Å². The molecule has 2 aromatic rings. The van der Waals surface area contributed by atoms with Crippen molar-refractivity contribution < 1.29 is 9.59 Å². The number of carbonyl (C=O) groups is 2. The van der Waals surface area contributed by atoms with Gasteiger partial charge in [0, 0.05) is 11.8 Å². The predicted octanol–water partition coefficient (Wildman–Crippen LogP) is 1.29. The third-order valence-electron chi connectivity index (χ3n) is 4.03. The molecule has 0 bridgehead atoms.